The summed E-state index contributed by atoms with van der Waals surface area (Å²) in [4.78, 5) is 41.8. The lowest BCUT2D eigenvalue weighted by molar-refractivity contribution is -0.124. The second-order valence-corrected chi connectivity index (χ2v) is 8.09. The van der Waals surface area contributed by atoms with E-state index in [0.717, 1.165) is 10.5 Å². The lowest BCUT2D eigenvalue weighted by atomic mass is 10.1. The molecule has 0 bridgehead atoms. The average Bonchev–Trinajstić information content (AvgIpc) is 3.09. The summed E-state index contributed by atoms with van der Waals surface area (Å²) in [6.07, 6.45) is 0.318. The van der Waals surface area contributed by atoms with E-state index in [1.54, 1.807) is 24.3 Å². The number of urea groups is 1. The highest BCUT2D eigenvalue weighted by atomic mass is 19.1. The Morgan fingerprint density at radius 2 is 1.66 bits per heavy atom. The third-order valence-electron chi connectivity index (χ3n) is 5.72. The van der Waals surface area contributed by atoms with Gasteiger partial charge in [-0.1, -0.05) is 30.3 Å². The predicted molar refractivity (Wildman–Crippen MR) is 131 cm³/mol. The Bertz CT molecular complexity index is 1180. The molecule has 35 heavy (non-hydrogen) atoms. The quantitative estimate of drug-likeness (QED) is 0.458. The zero-order valence-electron chi connectivity index (χ0n) is 19.3. The first-order valence-corrected chi connectivity index (χ1v) is 11.4. The van der Waals surface area contributed by atoms with Crippen LogP contribution >= 0.6 is 0 Å². The van der Waals surface area contributed by atoms with Gasteiger partial charge in [0, 0.05) is 12.2 Å². The molecule has 0 unspecified atom stereocenters. The Balaban J connectivity index is 1.52. The largest absolute Gasteiger partial charge is 0.494 e. The van der Waals surface area contributed by atoms with Crippen LogP contribution in [0.3, 0.4) is 0 Å². The Labute approximate surface area is 203 Å². The van der Waals surface area contributed by atoms with Crippen LogP contribution < -0.4 is 15.0 Å². The maximum Gasteiger partial charge on any atom is 0.332 e. The first-order chi connectivity index (χ1) is 17.0. The van der Waals surface area contributed by atoms with Crippen LogP contribution in [0, 0.1) is 5.82 Å². The van der Waals surface area contributed by atoms with Gasteiger partial charge in [0.25, 0.3) is 5.91 Å². The normalized spacial score (nSPS) is 15.4. The van der Waals surface area contributed by atoms with Crippen LogP contribution in [0.25, 0.3) is 0 Å². The summed E-state index contributed by atoms with van der Waals surface area (Å²) < 4.78 is 18.8. The van der Waals surface area contributed by atoms with E-state index in [-0.39, 0.29) is 18.7 Å². The number of carbonyl (C=O) groups excluding carboxylic acids is 3. The summed E-state index contributed by atoms with van der Waals surface area (Å²) in [5.74, 6) is -0.702. The van der Waals surface area contributed by atoms with Crippen molar-refractivity contribution >= 4 is 29.2 Å². The van der Waals surface area contributed by atoms with Gasteiger partial charge in [-0.05, 0) is 67.4 Å². The number of anilines is 2. The summed E-state index contributed by atoms with van der Waals surface area (Å²) in [6.45, 7) is 2.68. The van der Waals surface area contributed by atoms with Gasteiger partial charge in [-0.15, -0.1) is 0 Å². The first-order valence-electron chi connectivity index (χ1n) is 11.4. The van der Waals surface area contributed by atoms with Crippen molar-refractivity contribution in [1.82, 2.24) is 4.90 Å². The van der Waals surface area contributed by atoms with Crippen molar-refractivity contribution < 1.29 is 23.5 Å². The fourth-order valence-corrected chi connectivity index (χ4v) is 4.00. The van der Waals surface area contributed by atoms with Gasteiger partial charge in [-0.25, -0.2) is 14.1 Å². The van der Waals surface area contributed by atoms with Crippen LogP contribution in [-0.2, 0) is 16.0 Å². The van der Waals surface area contributed by atoms with Crippen LogP contribution in [-0.4, -0.2) is 41.9 Å². The monoisotopic (exact) mass is 475 g/mol. The number of hydrogen-bond acceptors (Lipinski definition) is 4. The van der Waals surface area contributed by atoms with Crippen molar-refractivity contribution in [2.45, 2.75) is 25.8 Å². The predicted octanol–water partition coefficient (Wildman–Crippen LogP) is 4.63. The van der Waals surface area contributed by atoms with Crippen molar-refractivity contribution in [1.29, 1.82) is 0 Å². The topological polar surface area (TPSA) is 79.0 Å². The van der Waals surface area contributed by atoms with E-state index in [2.05, 4.69) is 5.32 Å². The molecule has 1 fully saturated rings. The summed E-state index contributed by atoms with van der Waals surface area (Å²) in [5.41, 5.74) is 1.83. The van der Waals surface area contributed by atoms with Crippen LogP contribution in [0.15, 0.2) is 78.9 Å². The lowest BCUT2D eigenvalue weighted by Crippen LogP contribution is -2.39. The van der Waals surface area contributed by atoms with Gasteiger partial charge in [-0.3, -0.25) is 9.59 Å². The van der Waals surface area contributed by atoms with E-state index in [1.807, 2.05) is 37.3 Å². The second-order valence-electron chi connectivity index (χ2n) is 8.09. The molecule has 1 saturated heterocycles. The number of ether oxygens (including phenoxy) is 1. The van der Waals surface area contributed by atoms with E-state index in [4.69, 9.17) is 4.74 Å². The maximum atomic E-state index is 13.4. The van der Waals surface area contributed by atoms with Gasteiger partial charge in [0.1, 0.15) is 17.6 Å². The van der Waals surface area contributed by atoms with Crippen molar-refractivity contribution in [3.05, 3.63) is 90.2 Å². The molecule has 4 amide bonds. The highest BCUT2D eigenvalue weighted by molar-refractivity contribution is 6.22. The van der Waals surface area contributed by atoms with E-state index in [0.29, 0.717) is 24.5 Å². The minimum atomic E-state index is -0.973. The maximum absolute atomic E-state index is 13.4. The molecule has 1 atom stereocenters. The molecule has 0 aromatic heterocycles. The van der Waals surface area contributed by atoms with Gasteiger partial charge in [-0.2, -0.15) is 0 Å². The molecular formula is C27H26FN3O4. The zero-order chi connectivity index (χ0) is 24.8. The molecule has 3 aromatic rings. The number of hydrogen-bond donors (Lipinski definition) is 1. The Hall–Kier alpha value is -4.20. The van der Waals surface area contributed by atoms with E-state index in [9.17, 15) is 18.8 Å². The van der Waals surface area contributed by atoms with Crippen molar-refractivity contribution in [2.24, 2.45) is 0 Å². The molecule has 0 aliphatic carbocycles. The molecule has 3 aromatic carbocycles. The molecule has 180 valence electrons. The summed E-state index contributed by atoms with van der Waals surface area (Å²) in [6, 6.07) is 20.1. The Kier molecular flexibility index (Phi) is 7.40. The van der Waals surface area contributed by atoms with Crippen molar-refractivity contribution in [3.8, 4) is 5.75 Å². The molecule has 0 saturated carbocycles. The van der Waals surface area contributed by atoms with Crippen LogP contribution in [0.2, 0.25) is 0 Å². The zero-order valence-corrected chi connectivity index (χ0v) is 19.3. The van der Waals surface area contributed by atoms with Crippen molar-refractivity contribution in [3.63, 3.8) is 0 Å². The smallest absolute Gasteiger partial charge is 0.332 e. The Morgan fingerprint density at radius 1 is 0.971 bits per heavy atom. The SMILES string of the molecule is CCOc1ccc(NC(=O)C[C@@H]2C(=O)N(c3ccc(F)cc3)C(=O)N2CCc2ccccc2)cc1. The fourth-order valence-electron chi connectivity index (χ4n) is 4.00. The molecule has 7 nitrogen and oxygen atoms in total. The van der Waals surface area contributed by atoms with Gasteiger partial charge >= 0.3 is 6.03 Å². The number of nitrogens with zero attached hydrogens (tertiary/aromatic N) is 2. The standard InChI is InChI=1S/C27H26FN3O4/c1-2-35-23-14-10-21(11-15-23)29-25(32)18-24-26(33)31(22-12-8-20(28)9-13-22)27(34)30(24)17-16-19-6-4-3-5-7-19/h3-15,24H,2,16-18H2,1H3,(H,29,32)/t24-/m1/s1. The number of carbonyl (C=O) groups is 3. The molecule has 1 N–H and O–H groups in total. The first kappa shape index (κ1) is 23.9. The number of nitrogens with one attached hydrogen (secondary N) is 1. The van der Waals surface area contributed by atoms with Crippen molar-refractivity contribution in [2.75, 3.05) is 23.4 Å². The summed E-state index contributed by atoms with van der Waals surface area (Å²) in [5, 5.41) is 2.78. The molecule has 0 spiro atoms. The third-order valence-corrected chi connectivity index (χ3v) is 5.72. The average molecular weight is 476 g/mol. The number of halogens is 1. The number of amides is 4. The lowest BCUT2D eigenvalue weighted by Gasteiger charge is -2.21. The molecule has 4 rings (SSSR count). The fraction of sp³-hybridized carbons (Fsp3) is 0.222. The van der Waals surface area contributed by atoms with Crippen LogP contribution in [0.5, 0.6) is 5.75 Å². The summed E-state index contributed by atoms with van der Waals surface area (Å²) in [7, 11) is 0. The number of imide groups is 1. The number of benzene rings is 3. The van der Waals surface area contributed by atoms with Gasteiger partial charge in [0.05, 0.1) is 18.7 Å². The van der Waals surface area contributed by atoms with Gasteiger partial charge < -0.3 is 15.0 Å². The molecule has 1 heterocycles. The molecule has 1 aliphatic heterocycles. The van der Waals surface area contributed by atoms with E-state index in [1.165, 1.54) is 29.2 Å². The molecule has 0 radical (unpaired) electrons. The molecule has 1 aliphatic rings. The second kappa shape index (κ2) is 10.8. The molecular weight excluding hydrogens is 449 g/mol. The van der Waals surface area contributed by atoms with E-state index < -0.39 is 29.7 Å². The Morgan fingerprint density at radius 3 is 2.31 bits per heavy atom. The molecule has 8 heteroatoms. The number of rotatable bonds is 9. The minimum absolute atomic E-state index is 0.204. The van der Waals surface area contributed by atoms with Crippen LogP contribution in [0.4, 0.5) is 20.6 Å². The third kappa shape index (κ3) is 5.66. The van der Waals surface area contributed by atoms with Gasteiger partial charge in [0.2, 0.25) is 5.91 Å². The highest BCUT2D eigenvalue weighted by Crippen LogP contribution is 2.28. The van der Waals surface area contributed by atoms with Crippen LogP contribution in [0.1, 0.15) is 18.9 Å². The van der Waals surface area contributed by atoms with Gasteiger partial charge in [0.15, 0.2) is 0 Å². The minimum Gasteiger partial charge on any atom is -0.494 e. The summed E-state index contributed by atoms with van der Waals surface area (Å²) >= 11 is 0. The highest BCUT2D eigenvalue weighted by Gasteiger charge is 2.46. The van der Waals surface area contributed by atoms with E-state index >= 15 is 0 Å².